The minimum atomic E-state index is 0.429. The maximum absolute atomic E-state index is 8.58. The van der Waals surface area contributed by atoms with Crippen molar-refractivity contribution < 1.29 is 0 Å². The Morgan fingerprint density at radius 1 is 1.79 bits per heavy atom. The third kappa shape index (κ3) is 3.02. The van der Waals surface area contributed by atoms with Gasteiger partial charge in [-0.2, -0.15) is 5.26 Å². The molecule has 0 aliphatic heterocycles. The normalized spacial score (nSPS) is 9.21. The molecule has 0 unspecified atom stereocenters. The quantitative estimate of drug-likeness (QED) is 0.920. The van der Waals surface area contributed by atoms with Crippen molar-refractivity contribution in [3.63, 3.8) is 0 Å². The van der Waals surface area contributed by atoms with E-state index < -0.39 is 0 Å². The first kappa shape index (κ1) is 11.0. The van der Waals surface area contributed by atoms with E-state index in [0.29, 0.717) is 22.9 Å². The Balaban J connectivity index is 2.80. The molecule has 14 heavy (non-hydrogen) atoms. The highest BCUT2D eigenvalue weighted by Gasteiger charge is 2.02. The van der Waals surface area contributed by atoms with Gasteiger partial charge in [0.05, 0.1) is 10.6 Å². The van der Waals surface area contributed by atoms with Crippen molar-refractivity contribution in [2.75, 3.05) is 11.9 Å². The van der Waals surface area contributed by atoms with E-state index in [1.54, 1.807) is 6.07 Å². The molecule has 0 saturated carbocycles. The zero-order valence-electron chi connectivity index (χ0n) is 7.22. The highest BCUT2D eigenvalue weighted by atomic mass is 79.9. The average molecular weight is 273 g/mol. The smallest absolute Gasteiger partial charge is 0.145 e. The average Bonchev–Trinajstić information content (AvgIpc) is 2.15. The van der Waals surface area contributed by atoms with Crippen molar-refractivity contribution in [3.8, 4) is 6.07 Å². The van der Waals surface area contributed by atoms with E-state index in [0.717, 1.165) is 4.48 Å². The molecule has 0 radical (unpaired) electrons. The molecule has 0 spiro atoms. The molecule has 1 N–H and O–H groups in total. The highest BCUT2D eigenvalue weighted by molar-refractivity contribution is 9.11. The van der Waals surface area contributed by atoms with Gasteiger partial charge in [-0.05, 0) is 6.07 Å². The summed E-state index contributed by atoms with van der Waals surface area (Å²) in [6.45, 7) is 4.20. The maximum Gasteiger partial charge on any atom is 0.145 e. The highest BCUT2D eigenvalue weighted by Crippen LogP contribution is 2.20. The predicted molar refractivity (Wildman–Crippen MR) is 60.5 cm³/mol. The summed E-state index contributed by atoms with van der Waals surface area (Å²) >= 11 is 9.07. The monoisotopic (exact) mass is 271 g/mol. The summed E-state index contributed by atoms with van der Waals surface area (Å²) in [4.78, 5) is 3.99. The summed E-state index contributed by atoms with van der Waals surface area (Å²) in [5.74, 6) is 0.547. The fourth-order valence-electron chi connectivity index (χ4n) is 0.809. The summed E-state index contributed by atoms with van der Waals surface area (Å²) in [7, 11) is 0. The molecular formula is C9H7BrClN3. The minimum absolute atomic E-state index is 0.429. The lowest BCUT2D eigenvalue weighted by Crippen LogP contribution is -2.03. The number of halogens is 2. The molecule has 3 nitrogen and oxygen atoms in total. The van der Waals surface area contributed by atoms with Crippen molar-refractivity contribution >= 4 is 33.3 Å². The molecule has 0 bridgehead atoms. The van der Waals surface area contributed by atoms with Crippen LogP contribution in [0.1, 0.15) is 5.56 Å². The summed E-state index contributed by atoms with van der Waals surface area (Å²) in [5.41, 5.74) is 0.443. The van der Waals surface area contributed by atoms with Gasteiger partial charge in [0, 0.05) is 17.2 Å². The van der Waals surface area contributed by atoms with Crippen LogP contribution in [0.25, 0.3) is 0 Å². The second-order valence-electron chi connectivity index (χ2n) is 2.54. The molecule has 0 atom stereocenters. The molecule has 72 valence electrons. The lowest BCUT2D eigenvalue weighted by Gasteiger charge is -2.05. The zero-order valence-corrected chi connectivity index (χ0v) is 9.56. The standard InChI is InChI=1S/C9H7BrClN3/c1-6(10)4-13-9-8(11)2-7(3-12)5-14-9/h2,5H,1,4H2,(H,13,14). The first-order chi connectivity index (χ1) is 6.63. The van der Waals surface area contributed by atoms with Crippen LogP contribution in [-0.4, -0.2) is 11.5 Å². The van der Waals surface area contributed by atoms with E-state index in [1.165, 1.54) is 6.20 Å². The van der Waals surface area contributed by atoms with Crippen molar-refractivity contribution in [1.82, 2.24) is 4.98 Å². The first-order valence-corrected chi connectivity index (χ1v) is 4.93. The number of hydrogen-bond donors (Lipinski definition) is 1. The van der Waals surface area contributed by atoms with Crippen LogP contribution in [0.3, 0.4) is 0 Å². The van der Waals surface area contributed by atoms with E-state index >= 15 is 0 Å². The number of nitrogens with zero attached hydrogens (tertiary/aromatic N) is 2. The second kappa shape index (κ2) is 4.99. The minimum Gasteiger partial charge on any atom is -0.364 e. The van der Waals surface area contributed by atoms with Crippen LogP contribution in [0, 0.1) is 11.3 Å². The van der Waals surface area contributed by atoms with Gasteiger partial charge in [0.1, 0.15) is 11.9 Å². The number of anilines is 1. The predicted octanol–water partition coefficient (Wildman–Crippen LogP) is 2.93. The molecule has 0 aliphatic rings. The molecule has 1 aromatic heterocycles. The van der Waals surface area contributed by atoms with Crippen molar-refractivity contribution in [1.29, 1.82) is 5.26 Å². The van der Waals surface area contributed by atoms with Crippen molar-refractivity contribution in [3.05, 3.63) is 33.9 Å². The van der Waals surface area contributed by atoms with Crippen LogP contribution in [0.15, 0.2) is 23.3 Å². The van der Waals surface area contributed by atoms with Crippen LogP contribution in [-0.2, 0) is 0 Å². The van der Waals surface area contributed by atoms with Gasteiger partial charge in [-0.3, -0.25) is 0 Å². The number of hydrogen-bond acceptors (Lipinski definition) is 3. The fraction of sp³-hybridized carbons (Fsp3) is 0.111. The summed E-state index contributed by atoms with van der Waals surface area (Å²) in [6, 6.07) is 3.52. The van der Waals surface area contributed by atoms with Gasteiger partial charge in [0.15, 0.2) is 0 Å². The Morgan fingerprint density at radius 2 is 2.50 bits per heavy atom. The third-order valence-corrected chi connectivity index (χ3v) is 1.99. The fourth-order valence-corrected chi connectivity index (χ4v) is 1.18. The van der Waals surface area contributed by atoms with Gasteiger partial charge in [0.2, 0.25) is 0 Å². The maximum atomic E-state index is 8.58. The summed E-state index contributed by atoms with van der Waals surface area (Å²) < 4.78 is 0.805. The largest absolute Gasteiger partial charge is 0.364 e. The number of pyridine rings is 1. The number of aromatic nitrogens is 1. The second-order valence-corrected chi connectivity index (χ2v) is 4.07. The van der Waals surface area contributed by atoms with E-state index in [9.17, 15) is 0 Å². The van der Waals surface area contributed by atoms with Crippen LogP contribution in [0.2, 0.25) is 5.02 Å². The van der Waals surface area contributed by atoms with Crippen LogP contribution in [0.4, 0.5) is 5.82 Å². The molecule has 0 amide bonds. The van der Waals surface area contributed by atoms with Gasteiger partial charge in [0.25, 0.3) is 0 Å². The third-order valence-electron chi connectivity index (χ3n) is 1.42. The molecule has 1 aromatic rings. The molecule has 1 heterocycles. The molecule has 0 aliphatic carbocycles. The van der Waals surface area contributed by atoms with Crippen molar-refractivity contribution in [2.45, 2.75) is 0 Å². The van der Waals surface area contributed by atoms with Crippen molar-refractivity contribution in [2.24, 2.45) is 0 Å². The molecule has 1 rings (SSSR count). The Labute approximate surface area is 95.5 Å². The van der Waals surface area contributed by atoms with E-state index in [4.69, 9.17) is 16.9 Å². The molecule has 5 heteroatoms. The number of nitriles is 1. The van der Waals surface area contributed by atoms with Gasteiger partial charge >= 0.3 is 0 Å². The van der Waals surface area contributed by atoms with E-state index in [2.05, 4.69) is 32.8 Å². The van der Waals surface area contributed by atoms with Gasteiger partial charge in [-0.25, -0.2) is 4.98 Å². The number of nitrogens with one attached hydrogen (secondary N) is 1. The summed E-state index contributed by atoms with van der Waals surface area (Å²) in [5, 5.41) is 12.0. The number of rotatable bonds is 3. The van der Waals surface area contributed by atoms with Gasteiger partial charge in [-0.15, -0.1) is 0 Å². The Hall–Kier alpha value is -1.05. The van der Waals surface area contributed by atoms with Gasteiger partial charge < -0.3 is 5.32 Å². The molecule has 0 saturated heterocycles. The van der Waals surface area contributed by atoms with E-state index in [1.807, 2.05) is 6.07 Å². The SMILES string of the molecule is C=C(Br)CNc1ncc(C#N)cc1Cl. The van der Waals surface area contributed by atoms with Crippen LogP contribution in [0.5, 0.6) is 0 Å². The topological polar surface area (TPSA) is 48.7 Å². The van der Waals surface area contributed by atoms with Crippen LogP contribution >= 0.6 is 27.5 Å². The molecule has 0 fully saturated rings. The van der Waals surface area contributed by atoms with E-state index in [-0.39, 0.29) is 0 Å². The molecule has 0 aromatic carbocycles. The Bertz CT molecular complexity index is 398. The van der Waals surface area contributed by atoms with Gasteiger partial charge in [-0.1, -0.05) is 34.1 Å². The van der Waals surface area contributed by atoms with Crippen LogP contribution < -0.4 is 5.32 Å². The molecular weight excluding hydrogens is 265 g/mol. The Kier molecular flexibility index (Phi) is 3.93. The first-order valence-electron chi connectivity index (χ1n) is 3.76. The Morgan fingerprint density at radius 3 is 3.00 bits per heavy atom. The zero-order chi connectivity index (χ0) is 10.6. The lowest BCUT2D eigenvalue weighted by atomic mass is 10.3. The summed E-state index contributed by atoms with van der Waals surface area (Å²) in [6.07, 6.45) is 1.46. The lowest BCUT2D eigenvalue weighted by molar-refractivity contribution is 1.21.